The number of aromatic nitrogens is 2. The second-order valence-corrected chi connectivity index (χ2v) is 8.22. The summed E-state index contributed by atoms with van der Waals surface area (Å²) in [6.45, 7) is 8.52. The molecule has 154 valence electrons. The van der Waals surface area contributed by atoms with Gasteiger partial charge in [-0.25, -0.2) is 9.37 Å². The highest BCUT2D eigenvalue weighted by molar-refractivity contribution is 5.74. The van der Waals surface area contributed by atoms with Crippen LogP contribution >= 0.6 is 0 Å². The maximum atomic E-state index is 13.4. The van der Waals surface area contributed by atoms with Crippen molar-refractivity contribution in [2.75, 3.05) is 32.7 Å². The molecular formula is C24H31FN4. The molecule has 0 amide bonds. The van der Waals surface area contributed by atoms with Gasteiger partial charge in [0, 0.05) is 19.6 Å². The van der Waals surface area contributed by atoms with Gasteiger partial charge in [0.15, 0.2) is 0 Å². The molecule has 29 heavy (non-hydrogen) atoms. The van der Waals surface area contributed by atoms with Gasteiger partial charge in [-0.1, -0.05) is 31.2 Å². The largest absolute Gasteiger partial charge is 0.341 e. The van der Waals surface area contributed by atoms with E-state index in [-0.39, 0.29) is 5.82 Å². The first-order chi connectivity index (χ1) is 14.2. The number of rotatable bonds is 8. The molecule has 1 fully saturated rings. The third-order valence-corrected chi connectivity index (χ3v) is 5.98. The summed E-state index contributed by atoms with van der Waals surface area (Å²) >= 11 is 0. The summed E-state index contributed by atoms with van der Waals surface area (Å²) in [4.78, 5) is 13.2. The number of halogens is 1. The highest BCUT2D eigenvalue weighted by Crippen LogP contribution is 2.20. The van der Waals surface area contributed by atoms with Crippen LogP contribution in [0, 0.1) is 11.7 Å². The normalized spacial score (nSPS) is 18.0. The number of likely N-dealkylation sites (tertiary alicyclic amines) is 1. The number of nitrogens with one attached hydrogen (secondary N) is 1. The molecule has 2 aromatic carbocycles. The maximum absolute atomic E-state index is 13.4. The van der Waals surface area contributed by atoms with Gasteiger partial charge in [0.05, 0.1) is 17.6 Å². The number of benzene rings is 2. The van der Waals surface area contributed by atoms with E-state index < -0.39 is 0 Å². The Morgan fingerprint density at radius 3 is 2.93 bits per heavy atom. The SMILES string of the molecule is CCN(Cc1nc2ccccc2[nH]1)CC1CCCN(CCc2cccc(F)c2)C1. The molecule has 0 radical (unpaired) electrons. The summed E-state index contributed by atoms with van der Waals surface area (Å²) in [6.07, 6.45) is 3.45. The standard InChI is InChI=1S/C24H31FN4/c1-2-28(18-24-26-22-10-3-4-11-23(22)27-24)16-20-8-6-13-29(17-20)14-12-19-7-5-9-21(25)15-19/h3-5,7,9-11,15,20H,2,6,8,12-14,16-18H2,1H3,(H,26,27). The summed E-state index contributed by atoms with van der Waals surface area (Å²) in [6, 6.07) is 15.2. The highest BCUT2D eigenvalue weighted by Gasteiger charge is 2.22. The molecule has 4 rings (SSSR count). The van der Waals surface area contributed by atoms with Crippen molar-refractivity contribution in [2.24, 2.45) is 5.92 Å². The van der Waals surface area contributed by atoms with E-state index in [1.807, 2.05) is 18.2 Å². The quantitative estimate of drug-likeness (QED) is 0.612. The number of para-hydroxylation sites is 2. The van der Waals surface area contributed by atoms with Crippen LogP contribution < -0.4 is 0 Å². The Labute approximate surface area is 172 Å². The number of hydrogen-bond donors (Lipinski definition) is 1. The van der Waals surface area contributed by atoms with Crippen molar-refractivity contribution < 1.29 is 4.39 Å². The first kappa shape index (κ1) is 20.0. The molecule has 0 bridgehead atoms. The average molecular weight is 395 g/mol. The third-order valence-electron chi connectivity index (χ3n) is 5.98. The van der Waals surface area contributed by atoms with Gasteiger partial charge in [-0.05, 0) is 68.1 Å². The van der Waals surface area contributed by atoms with Crippen LogP contribution in [0.5, 0.6) is 0 Å². The molecule has 1 saturated heterocycles. The second kappa shape index (κ2) is 9.51. The molecule has 1 atom stereocenters. The molecule has 0 aliphatic carbocycles. The molecule has 1 aliphatic heterocycles. The van der Waals surface area contributed by atoms with Crippen molar-refractivity contribution in [2.45, 2.75) is 32.7 Å². The first-order valence-electron chi connectivity index (χ1n) is 10.8. The van der Waals surface area contributed by atoms with Gasteiger partial charge < -0.3 is 9.88 Å². The lowest BCUT2D eigenvalue weighted by Gasteiger charge is -2.35. The lowest BCUT2D eigenvalue weighted by atomic mass is 9.97. The van der Waals surface area contributed by atoms with Crippen LogP contribution in [0.3, 0.4) is 0 Å². The Balaban J connectivity index is 1.30. The molecule has 1 unspecified atom stereocenters. The number of H-pyrrole nitrogens is 1. The number of aromatic amines is 1. The molecule has 1 aliphatic rings. The van der Waals surface area contributed by atoms with E-state index in [1.165, 1.54) is 18.9 Å². The van der Waals surface area contributed by atoms with Crippen molar-refractivity contribution in [1.82, 2.24) is 19.8 Å². The average Bonchev–Trinajstić information content (AvgIpc) is 3.14. The summed E-state index contributed by atoms with van der Waals surface area (Å²) in [7, 11) is 0. The van der Waals surface area contributed by atoms with E-state index >= 15 is 0 Å². The Morgan fingerprint density at radius 2 is 2.10 bits per heavy atom. The van der Waals surface area contributed by atoms with E-state index in [2.05, 4.69) is 33.8 Å². The van der Waals surface area contributed by atoms with Crippen LogP contribution in [0.25, 0.3) is 11.0 Å². The number of fused-ring (bicyclic) bond motifs is 1. The predicted octanol–water partition coefficient (Wildman–Crippen LogP) is 4.48. The zero-order chi connectivity index (χ0) is 20.1. The van der Waals surface area contributed by atoms with Gasteiger partial charge in [-0.2, -0.15) is 0 Å². The number of piperidine rings is 1. The summed E-state index contributed by atoms with van der Waals surface area (Å²) in [5.41, 5.74) is 3.24. The van der Waals surface area contributed by atoms with Crippen molar-refractivity contribution in [3.05, 3.63) is 65.7 Å². The third kappa shape index (κ3) is 5.43. The van der Waals surface area contributed by atoms with E-state index in [1.54, 1.807) is 12.1 Å². The second-order valence-electron chi connectivity index (χ2n) is 8.22. The van der Waals surface area contributed by atoms with Crippen LogP contribution in [0.4, 0.5) is 4.39 Å². The monoisotopic (exact) mass is 394 g/mol. The zero-order valence-corrected chi connectivity index (χ0v) is 17.3. The minimum absolute atomic E-state index is 0.136. The van der Waals surface area contributed by atoms with Crippen molar-refractivity contribution >= 4 is 11.0 Å². The summed E-state index contributed by atoms with van der Waals surface area (Å²) in [5, 5.41) is 0. The molecule has 4 nitrogen and oxygen atoms in total. The fraction of sp³-hybridized carbons (Fsp3) is 0.458. The Hall–Kier alpha value is -2.24. The molecular weight excluding hydrogens is 363 g/mol. The van der Waals surface area contributed by atoms with Crippen molar-refractivity contribution in [3.63, 3.8) is 0 Å². The minimum Gasteiger partial charge on any atom is -0.341 e. The van der Waals surface area contributed by atoms with E-state index in [4.69, 9.17) is 4.98 Å². The van der Waals surface area contributed by atoms with Gasteiger partial charge in [-0.3, -0.25) is 4.90 Å². The van der Waals surface area contributed by atoms with Crippen LogP contribution in [0.1, 0.15) is 31.2 Å². The Kier molecular flexibility index (Phi) is 6.57. The van der Waals surface area contributed by atoms with Gasteiger partial charge >= 0.3 is 0 Å². The summed E-state index contributed by atoms with van der Waals surface area (Å²) in [5.74, 6) is 1.59. The predicted molar refractivity (Wildman–Crippen MR) is 116 cm³/mol. The molecule has 2 heterocycles. The smallest absolute Gasteiger partial charge is 0.123 e. The van der Waals surface area contributed by atoms with Crippen LogP contribution in [-0.4, -0.2) is 52.5 Å². The number of hydrogen-bond acceptors (Lipinski definition) is 3. The van der Waals surface area contributed by atoms with Gasteiger partial charge in [0.25, 0.3) is 0 Å². The lowest BCUT2D eigenvalue weighted by molar-refractivity contribution is 0.132. The molecule has 5 heteroatoms. The highest BCUT2D eigenvalue weighted by atomic mass is 19.1. The van der Waals surface area contributed by atoms with E-state index in [9.17, 15) is 4.39 Å². The molecule has 1 N–H and O–H groups in total. The Bertz CT molecular complexity index is 889. The van der Waals surface area contributed by atoms with E-state index in [0.29, 0.717) is 5.92 Å². The van der Waals surface area contributed by atoms with Gasteiger partial charge in [0.2, 0.25) is 0 Å². The van der Waals surface area contributed by atoms with E-state index in [0.717, 1.165) is 68.1 Å². The fourth-order valence-corrected chi connectivity index (χ4v) is 4.45. The molecule has 3 aromatic rings. The van der Waals surface area contributed by atoms with Crippen LogP contribution in [0.15, 0.2) is 48.5 Å². The molecule has 0 spiro atoms. The lowest BCUT2D eigenvalue weighted by Crippen LogP contribution is -2.41. The Morgan fingerprint density at radius 1 is 1.21 bits per heavy atom. The van der Waals surface area contributed by atoms with Crippen molar-refractivity contribution in [3.8, 4) is 0 Å². The maximum Gasteiger partial charge on any atom is 0.123 e. The first-order valence-corrected chi connectivity index (χ1v) is 10.8. The topological polar surface area (TPSA) is 35.2 Å². The summed E-state index contributed by atoms with van der Waals surface area (Å²) < 4.78 is 13.4. The van der Waals surface area contributed by atoms with Crippen LogP contribution in [-0.2, 0) is 13.0 Å². The molecule has 1 aromatic heterocycles. The number of imidazole rings is 1. The van der Waals surface area contributed by atoms with Gasteiger partial charge in [0.1, 0.15) is 11.6 Å². The molecule has 0 saturated carbocycles. The zero-order valence-electron chi connectivity index (χ0n) is 17.3. The fourth-order valence-electron chi connectivity index (χ4n) is 4.45. The van der Waals surface area contributed by atoms with Crippen molar-refractivity contribution in [1.29, 1.82) is 0 Å². The van der Waals surface area contributed by atoms with Gasteiger partial charge in [-0.15, -0.1) is 0 Å². The van der Waals surface area contributed by atoms with Crippen LogP contribution in [0.2, 0.25) is 0 Å². The minimum atomic E-state index is -0.136. The number of nitrogens with zero attached hydrogens (tertiary/aromatic N) is 3.